The fraction of sp³-hybridized carbons (Fsp3) is 0.316. The standard InChI is InChI=1S/C19H18Cl2F3N3O2/c1-2-3-7-27(16(28)11-20)14-9-12(8-13(10-14)19(22,23)24)18(29)26-15-5-4-6-25-17(15)21/h4-6,8-10H,2-3,7,11H2,1H3,(H,26,29). The van der Waals surface area contributed by atoms with Crippen LogP contribution in [0.25, 0.3) is 0 Å². The van der Waals surface area contributed by atoms with Gasteiger partial charge in [0.2, 0.25) is 5.91 Å². The summed E-state index contributed by atoms with van der Waals surface area (Å²) in [5.74, 6) is -1.77. The summed E-state index contributed by atoms with van der Waals surface area (Å²) in [5, 5.41) is 2.42. The predicted molar refractivity (Wildman–Crippen MR) is 107 cm³/mol. The predicted octanol–water partition coefficient (Wildman–Crippen LogP) is 5.38. The van der Waals surface area contributed by atoms with Gasteiger partial charge in [-0.05, 0) is 36.8 Å². The minimum absolute atomic E-state index is 0.00469. The van der Waals surface area contributed by atoms with E-state index in [1.165, 1.54) is 24.4 Å². The van der Waals surface area contributed by atoms with Gasteiger partial charge < -0.3 is 10.2 Å². The van der Waals surface area contributed by atoms with E-state index in [0.29, 0.717) is 12.5 Å². The molecule has 0 aliphatic rings. The first-order chi connectivity index (χ1) is 13.7. The van der Waals surface area contributed by atoms with Crippen molar-refractivity contribution in [3.63, 3.8) is 0 Å². The smallest absolute Gasteiger partial charge is 0.319 e. The number of aromatic nitrogens is 1. The number of benzene rings is 1. The van der Waals surface area contributed by atoms with E-state index in [1.54, 1.807) is 0 Å². The summed E-state index contributed by atoms with van der Waals surface area (Å²) in [6.07, 6.45) is -2.02. The van der Waals surface area contributed by atoms with Crippen LogP contribution in [-0.4, -0.2) is 29.2 Å². The second-order valence-corrected chi connectivity index (χ2v) is 6.72. The Morgan fingerprint density at radius 2 is 1.97 bits per heavy atom. The van der Waals surface area contributed by atoms with Gasteiger partial charge in [0.25, 0.3) is 5.91 Å². The van der Waals surface area contributed by atoms with Crippen molar-refractivity contribution < 1.29 is 22.8 Å². The fourth-order valence-corrected chi connectivity index (χ4v) is 2.83. The number of hydrogen-bond acceptors (Lipinski definition) is 3. The SMILES string of the molecule is CCCCN(C(=O)CCl)c1cc(C(=O)Nc2cccnc2Cl)cc(C(F)(F)F)c1. The molecule has 156 valence electrons. The maximum absolute atomic E-state index is 13.4. The van der Waals surface area contributed by atoms with Crippen LogP contribution in [-0.2, 0) is 11.0 Å². The highest BCUT2D eigenvalue weighted by molar-refractivity contribution is 6.32. The van der Waals surface area contributed by atoms with Crippen LogP contribution in [0.3, 0.4) is 0 Å². The fourth-order valence-electron chi connectivity index (χ4n) is 2.52. The van der Waals surface area contributed by atoms with E-state index < -0.39 is 29.4 Å². The largest absolute Gasteiger partial charge is 0.416 e. The van der Waals surface area contributed by atoms with Gasteiger partial charge in [0.15, 0.2) is 5.15 Å². The average molecular weight is 448 g/mol. The number of nitrogens with one attached hydrogen (secondary N) is 1. The molecule has 0 saturated heterocycles. The third kappa shape index (κ3) is 6.08. The number of carbonyl (C=O) groups excluding carboxylic acids is 2. The molecule has 0 aliphatic carbocycles. The van der Waals surface area contributed by atoms with Crippen molar-refractivity contribution in [1.29, 1.82) is 0 Å². The summed E-state index contributed by atoms with van der Waals surface area (Å²) in [5.41, 5.74) is -1.24. The van der Waals surface area contributed by atoms with Crippen LogP contribution in [0.2, 0.25) is 5.15 Å². The van der Waals surface area contributed by atoms with Crippen LogP contribution in [0.15, 0.2) is 36.5 Å². The zero-order chi connectivity index (χ0) is 21.6. The summed E-state index contributed by atoms with van der Waals surface area (Å²) < 4.78 is 40.2. The van der Waals surface area contributed by atoms with Gasteiger partial charge in [0.05, 0.1) is 11.3 Å². The topological polar surface area (TPSA) is 62.3 Å². The molecule has 0 spiro atoms. The molecular weight excluding hydrogens is 430 g/mol. The van der Waals surface area contributed by atoms with Gasteiger partial charge in [-0.15, -0.1) is 11.6 Å². The first-order valence-electron chi connectivity index (χ1n) is 8.67. The Morgan fingerprint density at radius 1 is 1.24 bits per heavy atom. The van der Waals surface area contributed by atoms with Crippen molar-refractivity contribution in [1.82, 2.24) is 4.98 Å². The quantitative estimate of drug-likeness (QED) is 0.457. The lowest BCUT2D eigenvalue weighted by Crippen LogP contribution is -2.33. The van der Waals surface area contributed by atoms with Crippen LogP contribution in [0, 0.1) is 0 Å². The molecule has 29 heavy (non-hydrogen) atoms. The molecular formula is C19H18Cl2F3N3O2. The number of halogens is 5. The number of amides is 2. The number of unbranched alkanes of at least 4 members (excludes halogenated alkanes) is 1. The first-order valence-corrected chi connectivity index (χ1v) is 9.59. The molecule has 1 aromatic carbocycles. The number of rotatable bonds is 7. The highest BCUT2D eigenvalue weighted by Gasteiger charge is 2.33. The van der Waals surface area contributed by atoms with Gasteiger partial charge in [0, 0.05) is 24.0 Å². The molecule has 0 bridgehead atoms. The number of alkyl halides is 4. The third-order valence-electron chi connectivity index (χ3n) is 3.98. The highest BCUT2D eigenvalue weighted by atomic mass is 35.5. The highest BCUT2D eigenvalue weighted by Crippen LogP contribution is 2.33. The lowest BCUT2D eigenvalue weighted by molar-refractivity contribution is -0.137. The molecule has 0 atom stereocenters. The molecule has 0 fully saturated rings. The van der Waals surface area contributed by atoms with E-state index in [2.05, 4.69) is 10.3 Å². The second kappa shape index (κ2) is 9.93. The maximum Gasteiger partial charge on any atom is 0.416 e. The third-order valence-corrected chi connectivity index (χ3v) is 4.51. The summed E-state index contributed by atoms with van der Waals surface area (Å²) in [6, 6.07) is 5.74. The van der Waals surface area contributed by atoms with Gasteiger partial charge in [-0.2, -0.15) is 13.2 Å². The van der Waals surface area contributed by atoms with Gasteiger partial charge >= 0.3 is 6.18 Å². The molecule has 1 N–H and O–H groups in total. The van der Waals surface area contributed by atoms with E-state index in [4.69, 9.17) is 23.2 Å². The van der Waals surface area contributed by atoms with Crippen molar-refractivity contribution in [3.05, 3.63) is 52.8 Å². The Kier molecular flexibility index (Phi) is 7.87. The minimum Gasteiger partial charge on any atom is -0.319 e. The lowest BCUT2D eigenvalue weighted by atomic mass is 10.1. The molecule has 1 heterocycles. The number of hydrogen-bond donors (Lipinski definition) is 1. The summed E-state index contributed by atoms with van der Waals surface area (Å²) in [6.45, 7) is 2.06. The zero-order valence-electron chi connectivity index (χ0n) is 15.4. The average Bonchev–Trinajstić information content (AvgIpc) is 2.68. The van der Waals surface area contributed by atoms with E-state index in [0.717, 1.165) is 17.4 Å². The van der Waals surface area contributed by atoms with Gasteiger partial charge in [-0.3, -0.25) is 9.59 Å². The Bertz CT molecular complexity index is 891. The molecule has 0 unspecified atom stereocenters. The number of carbonyl (C=O) groups is 2. The van der Waals surface area contributed by atoms with E-state index >= 15 is 0 Å². The summed E-state index contributed by atoms with van der Waals surface area (Å²) >= 11 is 11.5. The Hall–Kier alpha value is -2.32. The Balaban J connectivity index is 2.48. The van der Waals surface area contributed by atoms with Gasteiger partial charge in [-0.1, -0.05) is 24.9 Å². The van der Waals surface area contributed by atoms with Crippen molar-refractivity contribution in [2.75, 3.05) is 22.6 Å². The monoisotopic (exact) mass is 447 g/mol. The first kappa shape index (κ1) is 23.0. The van der Waals surface area contributed by atoms with Crippen LogP contribution < -0.4 is 10.2 Å². The molecule has 0 radical (unpaired) electrons. The van der Waals surface area contributed by atoms with E-state index in [-0.39, 0.29) is 28.6 Å². The van der Waals surface area contributed by atoms with Crippen LogP contribution in [0.5, 0.6) is 0 Å². The van der Waals surface area contributed by atoms with Gasteiger partial charge in [0.1, 0.15) is 5.88 Å². The van der Waals surface area contributed by atoms with Crippen molar-refractivity contribution in [3.8, 4) is 0 Å². The Morgan fingerprint density at radius 3 is 2.55 bits per heavy atom. The van der Waals surface area contributed by atoms with Crippen LogP contribution >= 0.6 is 23.2 Å². The molecule has 0 saturated carbocycles. The van der Waals surface area contributed by atoms with Gasteiger partial charge in [-0.25, -0.2) is 4.98 Å². The van der Waals surface area contributed by atoms with Crippen molar-refractivity contribution >= 4 is 46.4 Å². The van der Waals surface area contributed by atoms with Crippen molar-refractivity contribution in [2.45, 2.75) is 25.9 Å². The van der Waals surface area contributed by atoms with E-state index in [9.17, 15) is 22.8 Å². The normalized spacial score (nSPS) is 11.2. The minimum atomic E-state index is -4.71. The summed E-state index contributed by atoms with van der Waals surface area (Å²) in [4.78, 5) is 29.7. The van der Waals surface area contributed by atoms with Crippen LogP contribution in [0.4, 0.5) is 24.5 Å². The number of nitrogens with zero attached hydrogens (tertiary/aromatic N) is 2. The molecule has 2 rings (SSSR count). The molecule has 2 amide bonds. The Labute approximate surface area is 175 Å². The maximum atomic E-state index is 13.4. The second-order valence-electron chi connectivity index (χ2n) is 6.09. The van der Waals surface area contributed by atoms with Crippen LogP contribution in [0.1, 0.15) is 35.7 Å². The molecule has 0 aliphatic heterocycles. The molecule has 2 aromatic rings. The number of pyridine rings is 1. The number of anilines is 2. The van der Waals surface area contributed by atoms with Crippen molar-refractivity contribution in [2.24, 2.45) is 0 Å². The summed E-state index contributed by atoms with van der Waals surface area (Å²) in [7, 11) is 0. The molecule has 5 nitrogen and oxygen atoms in total. The lowest BCUT2D eigenvalue weighted by Gasteiger charge is -2.23. The molecule has 1 aromatic heterocycles. The zero-order valence-corrected chi connectivity index (χ0v) is 16.9. The molecule has 10 heteroatoms. The van der Waals surface area contributed by atoms with E-state index in [1.807, 2.05) is 6.92 Å².